The molecule has 1 unspecified atom stereocenters. The summed E-state index contributed by atoms with van der Waals surface area (Å²) in [6.07, 6.45) is 6.27. The maximum Gasteiger partial charge on any atom is 0.311 e. The average molecular weight is 315 g/mol. The van der Waals surface area contributed by atoms with Crippen LogP contribution in [0.4, 0.5) is 0 Å². The van der Waals surface area contributed by atoms with Crippen molar-refractivity contribution in [2.24, 2.45) is 5.41 Å². The van der Waals surface area contributed by atoms with Crippen LogP contribution in [0.25, 0.3) is 0 Å². The highest BCUT2D eigenvalue weighted by Crippen LogP contribution is 2.36. The second-order valence-electron chi connectivity index (χ2n) is 6.38. The molecular formula is C19H25NO3. The van der Waals surface area contributed by atoms with Gasteiger partial charge < -0.3 is 10.4 Å². The van der Waals surface area contributed by atoms with E-state index >= 15 is 0 Å². The third-order valence-electron chi connectivity index (χ3n) is 4.81. The van der Waals surface area contributed by atoms with Crippen LogP contribution in [0.1, 0.15) is 50.0 Å². The molecule has 0 saturated heterocycles. The first kappa shape index (κ1) is 17.3. The molecule has 124 valence electrons. The van der Waals surface area contributed by atoms with E-state index in [1.54, 1.807) is 6.08 Å². The zero-order valence-electron chi connectivity index (χ0n) is 13.5. The maximum atomic E-state index is 12.2. The van der Waals surface area contributed by atoms with Crippen LogP contribution in [0, 0.1) is 5.41 Å². The SMILES string of the molecule is C=CC(CC(=O)NCC1(C(=O)O)CCCCC1)c1ccccc1. The molecule has 0 aliphatic heterocycles. The summed E-state index contributed by atoms with van der Waals surface area (Å²) in [5, 5.41) is 12.4. The molecule has 4 heteroatoms. The monoisotopic (exact) mass is 315 g/mol. The Morgan fingerprint density at radius 2 is 1.87 bits per heavy atom. The van der Waals surface area contributed by atoms with Crippen molar-refractivity contribution in [3.63, 3.8) is 0 Å². The largest absolute Gasteiger partial charge is 0.481 e. The summed E-state index contributed by atoms with van der Waals surface area (Å²) in [5.74, 6) is -0.964. The first-order valence-electron chi connectivity index (χ1n) is 8.25. The van der Waals surface area contributed by atoms with Crippen LogP contribution in [-0.2, 0) is 9.59 Å². The summed E-state index contributed by atoms with van der Waals surface area (Å²) in [5.41, 5.74) is 0.257. The molecule has 0 aromatic heterocycles. The van der Waals surface area contributed by atoms with Gasteiger partial charge in [0.1, 0.15) is 0 Å². The molecule has 1 amide bonds. The van der Waals surface area contributed by atoms with Gasteiger partial charge in [0.2, 0.25) is 5.91 Å². The van der Waals surface area contributed by atoms with Gasteiger partial charge in [0.05, 0.1) is 5.41 Å². The molecule has 1 aliphatic rings. The second-order valence-corrected chi connectivity index (χ2v) is 6.38. The lowest BCUT2D eigenvalue weighted by Gasteiger charge is -2.33. The highest BCUT2D eigenvalue weighted by atomic mass is 16.4. The van der Waals surface area contributed by atoms with Crippen LogP contribution in [-0.4, -0.2) is 23.5 Å². The van der Waals surface area contributed by atoms with E-state index in [1.165, 1.54) is 0 Å². The van der Waals surface area contributed by atoms with Crippen molar-refractivity contribution in [1.82, 2.24) is 5.32 Å². The predicted molar refractivity (Wildman–Crippen MR) is 90.2 cm³/mol. The summed E-state index contributed by atoms with van der Waals surface area (Å²) in [6.45, 7) is 4.03. The number of carboxylic acids is 1. The van der Waals surface area contributed by atoms with Gasteiger partial charge in [0.15, 0.2) is 0 Å². The highest BCUT2D eigenvalue weighted by molar-refractivity contribution is 5.80. The molecule has 2 N–H and O–H groups in total. The number of allylic oxidation sites excluding steroid dienone is 1. The van der Waals surface area contributed by atoms with E-state index in [0.717, 1.165) is 24.8 Å². The third kappa shape index (κ3) is 4.44. The summed E-state index contributed by atoms with van der Waals surface area (Å²) in [6, 6.07) is 9.75. The molecule has 0 heterocycles. The summed E-state index contributed by atoms with van der Waals surface area (Å²) in [7, 11) is 0. The topological polar surface area (TPSA) is 66.4 Å². The van der Waals surface area contributed by atoms with Crippen LogP contribution in [0.5, 0.6) is 0 Å². The molecular weight excluding hydrogens is 290 g/mol. The maximum absolute atomic E-state index is 12.2. The van der Waals surface area contributed by atoms with Gasteiger partial charge >= 0.3 is 5.97 Å². The Bertz CT molecular complexity index is 547. The van der Waals surface area contributed by atoms with Crippen molar-refractivity contribution >= 4 is 11.9 Å². The Balaban J connectivity index is 1.93. The van der Waals surface area contributed by atoms with E-state index in [0.29, 0.717) is 19.3 Å². The van der Waals surface area contributed by atoms with Gasteiger partial charge in [-0.2, -0.15) is 0 Å². The molecule has 1 aromatic rings. The second kappa shape index (κ2) is 7.95. The Labute approximate surface area is 137 Å². The Hall–Kier alpha value is -2.10. The van der Waals surface area contributed by atoms with E-state index in [1.807, 2.05) is 30.3 Å². The smallest absolute Gasteiger partial charge is 0.311 e. The molecule has 4 nitrogen and oxygen atoms in total. The normalized spacial score (nSPS) is 17.9. The van der Waals surface area contributed by atoms with Crippen molar-refractivity contribution in [3.05, 3.63) is 48.6 Å². The number of carboxylic acid groups (broad SMARTS) is 1. The molecule has 1 saturated carbocycles. The number of benzene rings is 1. The molecule has 0 radical (unpaired) electrons. The summed E-state index contributed by atoms with van der Waals surface area (Å²) >= 11 is 0. The van der Waals surface area contributed by atoms with Gasteiger partial charge in [-0.3, -0.25) is 9.59 Å². The lowest BCUT2D eigenvalue weighted by molar-refractivity contribution is -0.151. The van der Waals surface area contributed by atoms with Gasteiger partial charge in [-0.15, -0.1) is 6.58 Å². The third-order valence-corrected chi connectivity index (χ3v) is 4.81. The van der Waals surface area contributed by atoms with Gasteiger partial charge in [-0.1, -0.05) is 55.7 Å². The fourth-order valence-electron chi connectivity index (χ4n) is 3.27. The summed E-state index contributed by atoms with van der Waals surface area (Å²) < 4.78 is 0. The molecule has 23 heavy (non-hydrogen) atoms. The number of carbonyl (C=O) groups excluding carboxylic acids is 1. The number of hydrogen-bond acceptors (Lipinski definition) is 2. The number of carbonyl (C=O) groups is 2. The number of amides is 1. The number of rotatable bonds is 7. The van der Waals surface area contributed by atoms with Gasteiger partial charge in [-0.25, -0.2) is 0 Å². The minimum absolute atomic E-state index is 0.0525. The van der Waals surface area contributed by atoms with Crippen LogP contribution < -0.4 is 5.32 Å². The van der Waals surface area contributed by atoms with Gasteiger partial charge in [0.25, 0.3) is 0 Å². The first-order chi connectivity index (χ1) is 11.1. The van der Waals surface area contributed by atoms with E-state index < -0.39 is 11.4 Å². The standard InChI is InChI=1S/C19H25NO3/c1-2-15(16-9-5-3-6-10-16)13-17(21)20-14-19(18(22)23)11-7-4-8-12-19/h2-3,5-6,9-10,15H,1,4,7-8,11-14H2,(H,20,21)(H,22,23). The fraction of sp³-hybridized carbons (Fsp3) is 0.474. The average Bonchev–Trinajstić information content (AvgIpc) is 2.59. The molecule has 1 atom stereocenters. The van der Waals surface area contributed by atoms with Crippen LogP contribution in [0.3, 0.4) is 0 Å². The fourth-order valence-corrected chi connectivity index (χ4v) is 3.27. The minimum atomic E-state index is -0.791. The van der Waals surface area contributed by atoms with Gasteiger partial charge in [0, 0.05) is 18.9 Å². The lowest BCUT2D eigenvalue weighted by atomic mass is 9.74. The quantitative estimate of drug-likeness (QED) is 0.757. The van der Waals surface area contributed by atoms with Crippen LogP contribution in [0.15, 0.2) is 43.0 Å². The number of aliphatic carboxylic acids is 1. The zero-order chi connectivity index (χ0) is 16.7. The zero-order valence-corrected chi connectivity index (χ0v) is 13.5. The van der Waals surface area contributed by atoms with E-state index in [4.69, 9.17) is 0 Å². The lowest BCUT2D eigenvalue weighted by Crippen LogP contribution is -2.44. The van der Waals surface area contributed by atoms with E-state index in [-0.39, 0.29) is 18.4 Å². The van der Waals surface area contributed by atoms with Crippen molar-refractivity contribution < 1.29 is 14.7 Å². The number of nitrogens with one attached hydrogen (secondary N) is 1. The van der Waals surface area contributed by atoms with Gasteiger partial charge in [-0.05, 0) is 18.4 Å². The molecule has 0 spiro atoms. The predicted octanol–water partition coefficient (Wildman–Crippen LogP) is 3.50. The molecule has 0 bridgehead atoms. The number of hydrogen-bond donors (Lipinski definition) is 2. The van der Waals surface area contributed by atoms with E-state index in [2.05, 4.69) is 11.9 Å². The van der Waals surface area contributed by atoms with Crippen molar-refractivity contribution in [2.75, 3.05) is 6.54 Å². The van der Waals surface area contributed by atoms with E-state index in [9.17, 15) is 14.7 Å². The highest BCUT2D eigenvalue weighted by Gasteiger charge is 2.39. The molecule has 1 aliphatic carbocycles. The Kier molecular flexibility index (Phi) is 5.97. The Morgan fingerprint density at radius 3 is 2.43 bits per heavy atom. The van der Waals surface area contributed by atoms with Crippen molar-refractivity contribution in [3.8, 4) is 0 Å². The first-order valence-corrected chi connectivity index (χ1v) is 8.25. The minimum Gasteiger partial charge on any atom is -0.481 e. The molecule has 2 rings (SSSR count). The van der Waals surface area contributed by atoms with Crippen molar-refractivity contribution in [1.29, 1.82) is 0 Å². The summed E-state index contributed by atoms with van der Waals surface area (Å²) in [4.78, 5) is 23.9. The Morgan fingerprint density at radius 1 is 1.22 bits per heavy atom. The van der Waals surface area contributed by atoms with Crippen molar-refractivity contribution in [2.45, 2.75) is 44.4 Å². The van der Waals surface area contributed by atoms with Crippen LogP contribution >= 0.6 is 0 Å². The molecule has 1 fully saturated rings. The van der Waals surface area contributed by atoms with Crippen LogP contribution in [0.2, 0.25) is 0 Å². The molecule has 1 aromatic carbocycles.